The third kappa shape index (κ3) is 3.08. The van der Waals surface area contributed by atoms with Crippen molar-refractivity contribution in [3.8, 4) is 0 Å². The molecule has 0 aliphatic heterocycles. The van der Waals surface area contributed by atoms with Crippen LogP contribution in [0.4, 0.5) is 0 Å². The molecule has 1 unspecified atom stereocenters. The van der Waals surface area contributed by atoms with Crippen LogP contribution >= 0.6 is 11.6 Å². The minimum absolute atomic E-state index is 0.379. The van der Waals surface area contributed by atoms with Crippen molar-refractivity contribution in [3.05, 3.63) is 64.9 Å². The highest BCUT2D eigenvalue weighted by molar-refractivity contribution is 6.29. The summed E-state index contributed by atoms with van der Waals surface area (Å²) in [7, 11) is 0. The van der Waals surface area contributed by atoms with Gasteiger partial charge in [0.2, 0.25) is 0 Å². The number of halogens is 1. The standard InChI is InChI=1S/C14H12ClNO2/c15-13-9-10(6-7-16-13)8-12(14(17)18)11-4-2-1-3-5-11/h1-7,9,12H,8H2,(H,17,18). The highest BCUT2D eigenvalue weighted by Crippen LogP contribution is 2.22. The van der Waals surface area contributed by atoms with Gasteiger partial charge in [0.05, 0.1) is 5.92 Å². The second-order valence-corrected chi connectivity index (χ2v) is 4.38. The molecule has 0 aliphatic rings. The van der Waals surface area contributed by atoms with Crippen LogP contribution in [0.2, 0.25) is 5.15 Å². The molecule has 3 nitrogen and oxygen atoms in total. The van der Waals surface area contributed by atoms with Crippen LogP contribution < -0.4 is 0 Å². The van der Waals surface area contributed by atoms with Gasteiger partial charge in [0.25, 0.3) is 0 Å². The van der Waals surface area contributed by atoms with E-state index >= 15 is 0 Å². The van der Waals surface area contributed by atoms with Crippen LogP contribution in [0.15, 0.2) is 48.7 Å². The molecule has 1 N–H and O–H groups in total. The molecule has 0 radical (unpaired) electrons. The van der Waals surface area contributed by atoms with E-state index in [0.717, 1.165) is 11.1 Å². The van der Waals surface area contributed by atoms with Crippen molar-refractivity contribution in [2.24, 2.45) is 0 Å². The maximum atomic E-state index is 11.3. The largest absolute Gasteiger partial charge is 0.481 e. The average molecular weight is 262 g/mol. The second kappa shape index (κ2) is 5.65. The first-order valence-corrected chi connectivity index (χ1v) is 5.93. The lowest BCUT2D eigenvalue weighted by Gasteiger charge is -2.12. The molecule has 18 heavy (non-hydrogen) atoms. The fraction of sp³-hybridized carbons (Fsp3) is 0.143. The molecular formula is C14H12ClNO2. The maximum absolute atomic E-state index is 11.3. The summed E-state index contributed by atoms with van der Waals surface area (Å²) >= 11 is 5.80. The normalized spacial score (nSPS) is 12.1. The van der Waals surface area contributed by atoms with E-state index in [1.807, 2.05) is 30.3 Å². The zero-order valence-corrected chi connectivity index (χ0v) is 10.3. The molecule has 0 bridgehead atoms. The Bertz CT molecular complexity index is 543. The number of hydrogen-bond donors (Lipinski definition) is 1. The minimum atomic E-state index is -0.839. The third-order valence-electron chi connectivity index (χ3n) is 2.73. The second-order valence-electron chi connectivity index (χ2n) is 3.99. The van der Waals surface area contributed by atoms with E-state index < -0.39 is 11.9 Å². The van der Waals surface area contributed by atoms with Gasteiger partial charge in [-0.1, -0.05) is 41.9 Å². The number of aromatic nitrogens is 1. The number of carbonyl (C=O) groups is 1. The Kier molecular flexibility index (Phi) is 3.95. The molecule has 92 valence electrons. The van der Waals surface area contributed by atoms with Gasteiger partial charge in [-0.15, -0.1) is 0 Å². The van der Waals surface area contributed by atoms with Crippen LogP contribution in [0, 0.1) is 0 Å². The molecule has 0 aliphatic carbocycles. The summed E-state index contributed by atoms with van der Waals surface area (Å²) in [5, 5.41) is 9.69. The van der Waals surface area contributed by atoms with Crippen molar-refractivity contribution >= 4 is 17.6 Å². The highest BCUT2D eigenvalue weighted by atomic mass is 35.5. The number of carboxylic acids is 1. The van der Waals surface area contributed by atoms with E-state index in [-0.39, 0.29) is 0 Å². The van der Waals surface area contributed by atoms with E-state index in [0.29, 0.717) is 11.6 Å². The SMILES string of the molecule is O=C(O)C(Cc1ccnc(Cl)c1)c1ccccc1. The Morgan fingerprint density at radius 1 is 1.28 bits per heavy atom. The summed E-state index contributed by atoms with van der Waals surface area (Å²) in [5.74, 6) is -1.40. The monoisotopic (exact) mass is 261 g/mol. The lowest BCUT2D eigenvalue weighted by atomic mass is 9.92. The maximum Gasteiger partial charge on any atom is 0.311 e. The number of pyridine rings is 1. The van der Waals surface area contributed by atoms with Gasteiger partial charge in [0, 0.05) is 6.20 Å². The van der Waals surface area contributed by atoms with Gasteiger partial charge in [-0.2, -0.15) is 0 Å². The van der Waals surface area contributed by atoms with Gasteiger partial charge in [0.1, 0.15) is 5.15 Å². The summed E-state index contributed by atoms with van der Waals surface area (Å²) in [6.07, 6.45) is 1.99. The van der Waals surface area contributed by atoms with Gasteiger partial charge in [-0.05, 0) is 29.7 Å². The van der Waals surface area contributed by atoms with Crippen LogP contribution in [0.3, 0.4) is 0 Å². The molecule has 0 fully saturated rings. The van der Waals surface area contributed by atoms with Gasteiger partial charge in [-0.25, -0.2) is 4.98 Å². The molecule has 0 spiro atoms. The summed E-state index contributed by atoms with van der Waals surface area (Å²) in [4.78, 5) is 15.2. The summed E-state index contributed by atoms with van der Waals surface area (Å²) in [6.45, 7) is 0. The van der Waals surface area contributed by atoms with E-state index in [2.05, 4.69) is 4.98 Å². The van der Waals surface area contributed by atoms with Gasteiger partial charge < -0.3 is 5.11 Å². The van der Waals surface area contributed by atoms with Crippen molar-refractivity contribution in [3.63, 3.8) is 0 Å². The molecular weight excluding hydrogens is 250 g/mol. The van der Waals surface area contributed by atoms with Gasteiger partial charge in [-0.3, -0.25) is 4.79 Å². The predicted molar refractivity (Wildman–Crippen MR) is 69.8 cm³/mol. The molecule has 2 aromatic rings. The Hall–Kier alpha value is -1.87. The first-order valence-electron chi connectivity index (χ1n) is 5.55. The molecule has 0 amide bonds. The third-order valence-corrected chi connectivity index (χ3v) is 2.94. The average Bonchev–Trinajstić information content (AvgIpc) is 2.37. The summed E-state index contributed by atoms with van der Waals surface area (Å²) < 4.78 is 0. The molecule has 2 rings (SSSR count). The van der Waals surface area contributed by atoms with Crippen molar-refractivity contribution in [2.75, 3.05) is 0 Å². The van der Waals surface area contributed by atoms with E-state index in [9.17, 15) is 9.90 Å². The van der Waals surface area contributed by atoms with Gasteiger partial charge >= 0.3 is 5.97 Å². The van der Waals surface area contributed by atoms with Crippen LogP contribution in [-0.2, 0) is 11.2 Å². The molecule has 1 heterocycles. The molecule has 1 aromatic carbocycles. The lowest BCUT2D eigenvalue weighted by Crippen LogP contribution is -2.14. The molecule has 1 aromatic heterocycles. The van der Waals surface area contributed by atoms with Crippen molar-refractivity contribution in [1.29, 1.82) is 0 Å². The first-order chi connectivity index (χ1) is 8.66. The Labute approximate surface area is 110 Å². The van der Waals surface area contributed by atoms with Crippen molar-refractivity contribution in [1.82, 2.24) is 4.98 Å². The van der Waals surface area contributed by atoms with Crippen LogP contribution in [0.5, 0.6) is 0 Å². The number of benzene rings is 1. The molecule has 1 atom stereocenters. The van der Waals surface area contributed by atoms with E-state index in [1.165, 1.54) is 0 Å². The number of nitrogens with zero attached hydrogens (tertiary/aromatic N) is 1. The summed E-state index contributed by atoms with van der Waals surface area (Å²) in [6, 6.07) is 12.7. The van der Waals surface area contributed by atoms with Crippen LogP contribution in [0.25, 0.3) is 0 Å². The first kappa shape index (κ1) is 12.6. The molecule has 4 heteroatoms. The number of rotatable bonds is 4. The quantitative estimate of drug-likeness (QED) is 0.860. The smallest absolute Gasteiger partial charge is 0.311 e. The van der Waals surface area contributed by atoms with Crippen molar-refractivity contribution < 1.29 is 9.90 Å². The Morgan fingerprint density at radius 3 is 2.61 bits per heavy atom. The molecule has 0 saturated carbocycles. The topological polar surface area (TPSA) is 50.2 Å². The van der Waals surface area contributed by atoms with Crippen LogP contribution in [0.1, 0.15) is 17.0 Å². The molecule has 0 saturated heterocycles. The minimum Gasteiger partial charge on any atom is -0.481 e. The Morgan fingerprint density at radius 2 is 2.00 bits per heavy atom. The summed E-state index contributed by atoms with van der Waals surface area (Å²) in [5.41, 5.74) is 1.66. The van der Waals surface area contributed by atoms with Gasteiger partial charge in [0.15, 0.2) is 0 Å². The number of carboxylic acid groups (broad SMARTS) is 1. The van der Waals surface area contributed by atoms with E-state index in [1.54, 1.807) is 18.3 Å². The lowest BCUT2D eigenvalue weighted by molar-refractivity contribution is -0.138. The van der Waals surface area contributed by atoms with Crippen molar-refractivity contribution in [2.45, 2.75) is 12.3 Å². The fourth-order valence-electron chi connectivity index (χ4n) is 1.84. The highest BCUT2D eigenvalue weighted by Gasteiger charge is 2.20. The zero-order valence-electron chi connectivity index (χ0n) is 9.58. The fourth-order valence-corrected chi connectivity index (χ4v) is 2.03. The number of aliphatic carboxylic acids is 1. The predicted octanol–water partition coefficient (Wildman–Crippen LogP) is 3.15. The van der Waals surface area contributed by atoms with E-state index in [4.69, 9.17) is 11.6 Å². The zero-order chi connectivity index (χ0) is 13.0. The number of hydrogen-bond acceptors (Lipinski definition) is 2. The van der Waals surface area contributed by atoms with Crippen LogP contribution in [-0.4, -0.2) is 16.1 Å². The Balaban J connectivity index is 2.25.